The Kier molecular flexibility index (Phi) is 5.12. The third kappa shape index (κ3) is 3.96. The number of aliphatic hydroxyl groups excluding tert-OH is 1. The zero-order valence-electron chi connectivity index (χ0n) is 12.5. The number of likely N-dealkylation sites (tertiary alicyclic amines) is 1. The van der Waals surface area contributed by atoms with E-state index in [1.165, 1.54) is 12.0 Å². The maximum atomic E-state index is 9.36. The zero-order valence-corrected chi connectivity index (χ0v) is 12.5. The fraction of sp³-hybridized carbons (Fsp3) is 0.647. The molecule has 2 saturated heterocycles. The molecule has 2 aliphatic rings. The molecule has 2 unspecified atom stereocenters. The summed E-state index contributed by atoms with van der Waals surface area (Å²) in [6, 6.07) is 8.65. The summed E-state index contributed by atoms with van der Waals surface area (Å²) in [5, 5.41) is 9.36. The molecule has 3 rings (SSSR count). The SMILES string of the molecule is OCC1CCCN1Cc1ccc(OCC2CCCO2)cc1. The second-order valence-electron chi connectivity index (χ2n) is 6.04. The minimum absolute atomic E-state index is 0.264. The summed E-state index contributed by atoms with van der Waals surface area (Å²) in [7, 11) is 0. The molecule has 4 nitrogen and oxygen atoms in total. The summed E-state index contributed by atoms with van der Waals surface area (Å²) < 4.78 is 11.3. The van der Waals surface area contributed by atoms with Gasteiger partial charge in [0.2, 0.25) is 0 Å². The predicted octanol–water partition coefficient (Wildman–Crippen LogP) is 2.20. The van der Waals surface area contributed by atoms with E-state index in [9.17, 15) is 5.11 Å². The summed E-state index contributed by atoms with van der Waals surface area (Å²) in [6.07, 6.45) is 4.82. The maximum Gasteiger partial charge on any atom is 0.119 e. The van der Waals surface area contributed by atoms with Gasteiger partial charge in [0.1, 0.15) is 12.4 Å². The van der Waals surface area contributed by atoms with Gasteiger partial charge in [-0.2, -0.15) is 0 Å². The number of rotatable bonds is 6. The fourth-order valence-electron chi connectivity index (χ4n) is 3.20. The smallest absolute Gasteiger partial charge is 0.119 e. The van der Waals surface area contributed by atoms with Gasteiger partial charge in [-0.15, -0.1) is 0 Å². The highest BCUT2D eigenvalue weighted by Crippen LogP contribution is 2.21. The summed E-state index contributed by atoms with van der Waals surface area (Å²) in [4.78, 5) is 2.36. The molecule has 1 aromatic carbocycles. The third-order valence-corrected chi connectivity index (χ3v) is 4.48. The second-order valence-corrected chi connectivity index (χ2v) is 6.04. The predicted molar refractivity (Wildman–Crippen MR) is 81.4 cm³/mol. The number of aliphatic hydroxyl groups is 1. The molecule has 0 saturated carbocycles. The van der Waals surface area contributed by atoms with Gasteiger partial charge in [0.05, 0.1) is 12.7 Å². The van der Waals surface area contributed by atoms with Crippen LogP contribution in [0.2, 0.25) is 0 Å². The average Bonchev–Trinajstić information content (AvgIpc) is 3.17. The Morgan fingerprint density at radius 3 is 2.76 bits per heavy atom. The molecule has 116 valence electrons. The zero-order chi connectivity index (χ0) is 14.5. The van der Waals surface area contributed by atoms with Crippen molar-refractivity contribution >= 4 is 0 Å². The van der Waals surface area contributed by atoms with Crippen molar-refractivity contribution < 1.29 is 14.6 Å². The van der Waals surface area contributed by atoms with Gasteiger partial charge in [-0.25, -0.2) is 0 Å². The molecular weight excluding hydrogens is 266 g/mol. The third-order valence-electron chi connectivity index (χ3n) is 4.48. The van der Waals surface area contributed by atoms with Gasteiger partial charge in [-0.05, 0) is 49.9 Å². The molecule has 1 aromatic rings. The van der Waals surface area contributed by atoms with Gasteiger partial charge < -0.3 is 14.6 Å². The van der Waals surface area contributed by atoms with E-state index in [0.29, 0.717) is 12.6 Å². The van der Waals surface area contributed by atoms with E-state index in [1.54, 1.807) is 0 Å². The molecule has 4 heteroatoms. The van der Waals surface area contributed by atoms with E-state index in [1.807, 2.05) is 12.1 Å². The summed E-state index contributed by atoms with van der Waals surface area (Å²) in [5.41, 5.74) is 1.28. The molecule has 0 radical (unpaired) electrons. The van der Waals surface area contributed by atoms with Gasteiger partial charge in [-0.1, -0.05) is 12.1 Å². The van der Waals surface area contributed by atoms with Crippen LogP contribution in [-0.2, 0) is 11.3 Å². The van der Waals surface area contributed by atoms with Crippen molar-refractivity contribution in [2.24, 2.45) is 0 Å². The molecule has 2 heterocycles. The highest BCUT2D eigenvalue weighted by atomic mass is 16.5. The highest BCUT2D eigenvalue weighted by Gasteiger charge is 2.23. The Labute approximate surface area is 126 Å². The standard InChI is InChI=1S/C17H25NO3/c19-12-15-3-1-9-18(15)11-14-5-7-16(8-6-14)21-13-17-4-2-10-20-17/h5-8,15,17,19H,1-4,9-13H2. The van der Waals surface area contributed by atoms with Gasteiger partial charge in [0.25, 0.3) is 0 Å². The summed E-state index contributed by atoms with van der Waals surface area (Å²) >= 11 is 0. The van der Waals surface area contributed by atoms with Crippen LogP contribution in [0.15, 0.2) is 24.3 Å². The fourth-order valence-corrected chi connectivity index (χ4v) is 3.20. The molecule has 1 N–H and O–H groups in total. The van der Waals surface area contributed by atoms with E-state index in [0.717, 1.165) is 44.7 Å². The van der Waals surface area contributed by atoms with Gasteiger partial charge in [0.15, 0.2) is 0 Å². The average molecular weight is 291 g/mol. The van der Waals surface area contributed by atoms with Crippen molar-refractivity contribution in [3.63, 3.8) is 0 Å². The van der Waals surface area contributed by atoms with Gasteiger partial charge in [-0.3, -0.25) is 4.90 Å². The number of hydrogen-bond acceptors (Lipinski definition) is 4. The molecule has 2 fully saturated rings. The Hall–Kier alpha value is -1.10. The van der Waals surface area contributed by atoms with Gasteiger partial charge in [0, 0.05) is 19.2 Å². The Balaban J connectivity index is 1.49. The lowest BCUT2D eigenvalue weighted by Gasteiger charge is -2.22. The molecular formula is C17H25NO3. The molecule has 0 amide bonds. The molecule has 21 heavy (non-hydrogen) atoms. The van der Waals surface area contributed by atoms with E-state index in [2.05, 4.69) is 17.0 Å². The minimum Gasteiger partial charge on any atom is -0.491 e. The number of ether oxygens (including phenoxy) is 2. The molecule has 0 spiro atoms. The van der Waals surface area contributed by atoms with E-state index < -0.39 is 0 Å². The lowest BCUT2D eigenvalue weighted by atomic mass is 10.2. The van der Waals surface area contributed by atoms with Crippen molar-refractivity contribution in [3.05, 3.63) is 29.8 Å². The van der Waals surface area contributed by atoms with E-state index >= 15 is 0 Å². The van der Waals surface area contributed by atoms with Crippen molar-refractivity contribution in [1.29, 1.82) is 0 Å². The number of nitrogens with zero attached hydrogens (tertiary/aromatic N) is 1. The van der Waals surface area contributed by atoms with E-state index in [-0.39, 0.29) is 12.7 Å². The van der Waals surface area contributed by atoms with Crippen LogP contribution in [0.3, 0.4) is 0 Å². The lowest BCUT2D eigenvalue weighted by Crippen LogP contribution is -2.31. The number of hydrogen-bond donors (Lipinski definition) is 1. The molecule has 0 aliphatic carbocycles. The Morgan fingerprint density at radius 1 is 1.19 bits per heavy atom. The summed E-state index contributed by atoms with van der Waals surface area (Å²) in [6.45, 7) is 3.79. The molecule has 2 atom stereocenters. The molecule has 0 aromatic heterocycles. The second kappa shape index (κ2) is 7.25. The first-order valence-corrected chi connectivity index (χ1v) is 8.03. The maximum absolute atomic E-state index is 9.36. The Bertz CT molecular complexity index is 428. The van der Waals surface area contributed by atoms with Crippen LogP contribution in [0, 0.1) is 0 Å². The summed E-state index contributed by atoms with van der Waals surface area (Å²) in [5.74, 6) is 0.911. The van der Waals surface area contributed by atoms with E-state index in [4.69, 9.17) is 9.47 Å². The van der Waals surface area contributed by atoms with Crippen LogP contribution in [0.25, 0.3) is 0 Å². The highest BCUT2D eigenvalue weighted by molar-refractivity contribution is 5.27. The molecule has 2 aliphatic heterocycles. The van der Waals surface area contributed by atoms with Crippen LogP contribution < -0.4 is 4.74 Å². The first kappa shape index (κ1) is 14.8. The first-order valence-electron chi connectivity index (χ1n) is 8.03. The quantitative estimate of drug-likeness (QED) is 0.872. The van der Waals surface area contributed by atoms with Gasteiger partial charge >= 0.3 is 0 Å². The topological polar surface area (TPSA) is 41.9 Å². The van der Waals surface area contributed by atoms with Crippen molar-refractivity contribution in [1.82, 2.24) is 4.90 Å². The number of benzene rings is 1. The Morgan fingerprint density at radius 2 is 2.05 bits per heavy atom. The minimum atomic E-state index is 0.264. The van der Waals surface area contributed by atoms with Crippen molar-refractivity contribution in [2.75, 3.05) is 26.4 Å². The lowest BCUT2D eigenvalue weighted by molar-refractivity contribution is 0.0679. The van der Waals surface area contributed by atoms with Crippen molar-refractivity contribution in [3.8, 4) is 5.75 Å². The monoisotopic (exact) mass is 291 g/mol. The first-order chi connectivity index (χ1) is 10.3. The van der Waals surface area contributed by atoms with Crippen LogP contribution in [0.1, 0.15) is 31.2 Å². The largest absolute Gasteiger partial charge is 0.491 e. The van der Waals surface area contributed by atoms with Crippen LogP contribution in [0.5, 0.6) is 5.75 Å². The van der Waals surface area contributed by atoms with Crippen LogP contribution >= 0.6 is 0 Å². The molecule has 0 bridgehead atoms. The van der Waals surface area contributed by atoms with Crippen LogP contribution in [0.4, 0.5) is 0 Å². The van der Waals surface area contributed by atoms with Crippen molar-refractivity contribution in [2.45, 2.75) is 44.4 Å². The normalized spacial score (nSPS) is 26.3. The van der Waals surface area contributed by atoms with Crippen LogP contribution in [-0.4, -0.2) is 48.5 Å².